The van der Waals surface area contributed by atoms with Gasteiger partial charge in [0.2, 0.25) is 0 Å². The Kier molecular flexibility index (Phi) is 8.50. The maximum atomic E-state index is 11.2. The van der Waals surface area contributed by atoms with Gasteiger partial charge in [0, 0.05) is 5.57 Å². The highest BCUT2D eigenvalue weighted by atomic mass is 16.5. The van der Waals surface area contributed by atoms with Crippen molar-refractivity contribution in [2.45, 2.75) is 13.8 Å². The van der Waals surface area contributed by atoms with Crippen LogP contribution in [0.4, 0.5) is 0 Å². The number of carbonyl (C=O) groups is 2. The van der Waals surface area contributed by atoms with E-state index < -0.39 is 0 Å². The lowest BCUT2D eigenvalue weighted by Crippen LogP contribution is -2.04. The lowest BCUT2D eigenvalue weighted by atomic mass is 10.2. The van der Waals surface area contributed by atoms with Gasteiger partial charge in [0.25, 0.3) is 0 Å². The SMILES string of the molecule is CCOC(=O)C(C)=CC=CC=CC=CC=O. The topological polar surface area (TPSA) is 43.4 Å². The Hall–Kier alpha value is -1.90. The Bertz CT molecular complexity index is 333. The van der Waals surface area contributed by atoms with E-state index in [2.05, 4.69) is 0 Å². The fourth-order valence-corrected chi connectivity index (χ4v) is 0.815. The fraction of sp³-hybridized carbons (Fsp3) is 0.231. The minimum atomic E-state index is -0.308. The average molecular weight is 220 g/mol. The molecule has 0 spiro atoms. The van der Waals surface area contributed by atoms with Crippen LogP contribution < -0.4 is 0 Å². The van der Waals surface area contributed by atoms with E-state index in [4.69, 9.17) is 4.74 Å². The summed E-state index contributed by atoms with van der Waals surface area (Å²) in [5.74, 6) is -0.308. The maximum Gasteiger partial charge on any atom is 0.333 e. The molecule has 3 heteroatoms. The van der Waals surface area contributed by atoms with Crippen LogP contribution in [0.15, 0.2) is 48.1 Å². The first-order valence-electron chi connectivity index (χ1n) is 5.01. The monoisotopic (exact) mass is 220 g/mol. The Morgan fingerprint density at radius 2 is 1.62 bits per heavy atom. The summed E-state index contributed by atoms with van der Waals surface area (Å²) < 4.78 is 4.80. The molecule has 0 fully saturated rings. The van der Waals surface area contributed by atoms with Crippen molar-refractivity contribution in [3.8, 4) is 0 Å². The molecule has 0 amide bonds. The summed E-state index contributed by atoms with van der Waals surface area (Å²) in [6.45, 7) is 3.84. The van der Waals surface area contributed by atoms with Crippen molar-refractivity contribution in [1.29, 1.82) is 0 Å². The summed E-state index contributed by atoms with van der Waals surface area (Å²) in [5, 5.41) is 0. The first-order valence-corrected chi connectivity index (χ1v) is 5.01. The van der Waals surface area contributed by atoms with Crippen LogP contribution in [0.5, 0.6) is 0 Å². The van der Waals surface area contributed by atoms with E-state index in [1.54, 1.807) is 50.3 Å². The first kappa shape index (κ1) is 14.1. The zero-order valence-corrected chi connectivity index (χ0v) is 9.55. The third kappa shape index (κ3) is 7.50. The fourth-order valence-electron chi connectivity index (χ4n) is 0.815. The van der Waals surface area contributed by atoms with Crippen LogP contribution in [-0.2, 0) is 14.3 Å². The van der Waals surface area contributed by atoms with Gasteiger partial charge in [0.15, 0.2) is 0 Å². The average Bonchev–Trinajstić information content (AvgIpc) is 2.28. The number of rotatable bonds is 6. The van der Waals surface area contributed by atoms with Crippen LogP contribution in [-0.4, -0.2) is 18.9 Å². The number of hydrogen-bond donors (Lipinski definition) is 0. The van der Waals surface area contributed by atoms with Crippen LogP contribution in [0.1, 0.15) is 13.8 Å². The van der Waals surface area contributed by atoms with E-state index in [0.717, 1.165) is 0 Å². The molecular formula is C13H16O3. The van der Waals surface area contributed by atoms with Gasteiger partial charge in [-0.05, 0) is 19.9 Å². The van der Waals surface area contributed by atoms with Crippen LogP contribution >= 0.6 is 0 Å². The predicted octanol–water partition coefficient (Wildman–Crippen LogP) is 2.36. The van der Waals surface area contributed by atoms with Gasteiger partial charge in [0.1, 0.15) is 6.29 Å². The number of ether oxygens (including phenoxy) is 1. The van der Waals surface area contributed by atoms with Gasteiger partial charge >= 0.3 is 5.97 Å². The van der Waals surface area contributed by atoms with Crippen molar-refractivity contribution in [1.82, 2.24) is 0 Å². The second-order valence-corrected chi connectivity index (χ2v) is 2.86. The Morgan fingerprint density at radius 3 is 2.19 bits per heavy atom. The summed E-state index contributed by atoms with van der Waals surface area (Å²) in [7, 11) is 0. The second kappa shape index (κ2) is 9.65. The number of allylic oxidation sites excluding steroid dienone is 7. The summed E-state index contributed by atoms with van der Waals surface area (Å²) in [6.07, 6.45) is 12.4. The standard InChI is InChI=1S/C13H16O3/c1-3-16-13(15)12(2)10-8-6-4-5-7-9-11-14/h4-11H,3H2,1-2H3. The molecular weight excluding hydrogens is 204 g/mol. The lowest BCUT2D eigenvalue weighted by molar-refractivity contribution is -0.138. The number of aldehydes is 1. The molecule has 0 aliphatic heterocycles. The molecule has 0 N–H and O–H groups in total. The van der Waals surface area contributed by atoms with E-state index in [9.17, 15) is 9.59 Å². The predicted molar refractivity (Wildman–Crippen MR) is 63.9 cm³/mol. The Balaban J connectivity index is 4.10. The largest absolute Gasteiger partial charge is 0.463 e. The molecule has 0 heterocycles. The molecule has 0 saturated heterocycles. The molecule has 0 aromatic carbocycles. The van der Waals surface area contributed by atoms with Crippen molar-refractivity contribution in [2.75, 3.05) is 6.61 Å². The zero-order valence-electron chi connectivity index (χ0n) is 9.55. The molecule has 0 radical (unpaired) electrons. The highest BCUT2D eigenvalue weighted by Gasteiger charge is 2.01. The minimum absolute atomic E-state index is 0.308. The van der Waals surface area contributed by atoms with Crippen molar-refractivity contribution in [3.05, 3.63) is 48.1 Å². The van der Waals surface area contributed by atoms with E-state index in [1.165, 1.54) is 6.08 Å². The highest BCUT2D eigenvalue weighted by molar-refractivity contribution is 5.88. The molecule has 0 bridgehead atoms. The van der Waals surface area contributed by atoms with Gasteiger partial charge in [0.05, 0.1) is 6.61 Å². The highest BCUT2D eigenvalue weighted by Crippen LogP contribution is 1.97. The number of esters is 1. The van der Waals surface area contributed by atoms with Crippen molar-refractivity contribution < 1.29 is 14.3 Å². The minimum Gasteiger partial charge on any atom is -0.463 e. The van der Waals surface area contributed by atoms with Gasteiger partial charge < -0.3 is 4.74 Å². The number of hydrogen-bond acceptors (Lipinski definition) is 3. The smallest absolute Gasteiger partial charge is 0.333 e. The van der Waals surface area contributed by atoms with Gasteiger partial charge in [-0.1, -0.05) is 36.5 Å². The summed E-state index contributed by atoms with van der Waals surface area (Å²) in [6, 6.07) is 0. The van der Waals surface area contributed by atoms with Gasteiger partial charge in [-0.25, -0.2) is 4.79 Å². The van der Waals surface area contributed by atoms with E-state index in [0.29, 0.717) is 18.5 Å². The van der Waals surface area contributed by atoms with Crippen molar-refractivity contribution in [2.24, 2.45) is 0 Å². The molecule has 0 unspecified atom stereocenters. The first-order chi connectivity index (χ1) is 7.72. The third-order valence-electron chi connectivity index (χ3n) is 1.58. The quantitative estimate of drug-likeness (QED) is 0.299. The van der Waals surface area contributed by atoms with Crippen molar-refractivity contribution >= 4 is 12.3 Å². The van der Waals surface area contributed by atoms with Gasteiger partial charge in [-0.3, -0.25) is 4.79 Å². The van der Waals surface area contributed by atoms with Crippen molar-refractivity contribution in [3.63, 3.8) is 0 Å². The molecule has 0 atom stereocenters. The molecule has 16 heavy (non-hydrogen) atoms. The molecule has 86 valence electrons. The molecule has 0 saturated carbocycles. The maximum absolute atomic E-state index is 11.2. The summed E-state index contributed by atoms with van der Waals surface area (Å²) in [5.41, 5.74) is 0.551. The Labute approximate surface area is 95.8 Å². The van der Waals surface area contributed by atoms with Crippen LogP contribution in [0.3, 0.4) is 0 Å². The molecule has 0 rings (SSSR count). The van der Waals surface area contributed by atoms with Crippen LogP contribution in [0.25, 0.3) is 0 Å². The summed E-state index contributed by atoms with van der Waals surface area (Å²) in [4.78, 5) is 21.1. The molecule has 0 aliphatic rings. The van der Waals surface area contributed by atoms with Crippen LogP contribution in [0, 0.1) is 0 Å². The van der Waals surface area contributed by atoms with Gasteiger partial charge in [-0.15, -0.1) is 0 Å². The molecule has 0 aromatic heterocycles. The van der Waals surface area contributed by atoms with E-state index in [1.807, 2.05) is 0 Å². The number of carbonyl (C=O) groups excluding carboxylic acids is 2. The molecule has 3 nitrogen and oxygen atoms in total. The molecule has 0 aliphatic carbocycles. The lowest BCUT2D eigenvalue weighted by Gasteiger charge is -1.98. The molecule has 0 aromatic rings. The van der Waals surface area contributed by atoms with E-state index >= 15 is 0 Å². The Morgan fingerprint density at radius 1 is 1.06 bits per heavy atom. The zero-order chi connectivity index (χ0) is 12.2. The van der Waals surface area contributed by atoms with Crippen LogP contribution in [0.2, 0.25) is 0 Å². The second-order valence-electron chi connectivity index (χ2n) is 2.86. The summed E-state index contributed by atoms with van der Waals surface area (Å²) >= 11 is 0. The van der Waals surface area contributed by atoms with Gasteiger partial charge in [-0.2, -0.15) is 0 Å². The van der Waals surface area contributed by atoms with E-state index in [-0.39, 0.29) is 5.97 Å². The normalized spacial score (nSPS) is 12.8. The third-order valence-corrected chi connectivity index (χ3v) is 1.58.